The van der Waals surface area contributed by atoms with Crippen molar-refractivity contribution in [1.82, 2.24) is 14.7 Å². The highest BCUT2D eigenvalue weighted by molar-refractivity contribution is 6.42. The second-order valence-electron chi connectivity index (χ2n) is 9.77. The molecule has 1 aliphatic heterocycles. The lowest BCUT2D eigenvalue weighted by Gasteiger charge is -2.31. The van der Waals surface area contributed by atoms with E-state index in [1.165, 1.54) is 4.90 Å². The molecule has 1 aromatic heterocycles. The van der Waals surface area contributed by atoms with Crippen molar-refractivity contribution in [2.75, 3.05) is 72.0 Å². The van der Waals surface area contributed by atoms with E-state index in [0.29, 0.717) is 72.3 Å². The van der Waals surface area contributed by atoms with Crippen molar-refractivity contribution in [3.8, 4) is 11.5 Å². The van der Waals surface area contributed by atoms with Gasteiger partial charge in [-0.15, -0.1) is 0 Å². The number of ether oxygens (including phenoxy) is 3. The standard InChI is InChI=1S/C30H36Cl2N4O6/c1-39-27-8-5-22(18-28(27)40-2)9-10-35(20-24-4-3-15-42-24)29(37)21-36(12-11-34-13-16-41-17-14-34)30(38)33-23-6-7-25(31)26(32)19-23/h3-8,15,18-19H,9-14,16-17,20-21H2,1-2H3,(H,33,38). The van der Waals surface area contributed by atoms with Gasteiger partial charge >= 0.3 is 6.03 Å². The molecule has 226 valence electrons. The molecule has 3 aromatic rings. The van der Waals surface area contributed by atoms with Crippen molar-refractivity contribution >= 4 is 40.8 Å². The van der Waals surface area contributed by atoms with Gasteiger partial charge in [0.2, 0.25) is 5.91 Å². The number of nitrogens with one attached hydrogen (secondary N) is 1. The van der Waals surface area contributed by atoms with E-state index in [4.69, 9.17) is 41.8 Å². The van der Waals surface area contributed by atoms with Crippen LogP contribution < -0.4 is 14.8 Å². The van der Waals surface area contributed by atoms with Crippen LogP contribution in [0, 0.1) is 0 Å². The Morgan fingerprint density at radius 1 is 0.952 bits per heavy atom. The molecular weight excluding hydrogens is 583 g/mol. The smallest absolute Gasteiger partial charge is 0.322 e. The van der Waals surface area contributed by atoms with Gasteiger partial charge in [-0.25, -0.2) is 4.79 Å². The third kappa shape index (κ3) is 9.03. The lowest BCUT2D eigenvalue weighted by atomic mass is 10.1. The van der Waals surface area contributed by atoms with E-state index in [9.17, 15) is 9.59 Å². The van der Waals surface area contributed by atoms with E-state index >= 15 is 0 Å². The number of furan rings is 1. The first kappa shape index (κ1) is 31.5. The van der Waals surface area contributed by atoms with Gasteiger partial charge in [0.1, 0.15) is 12.3 Å². The molecule has 3 amide bonds. The van der Waals surface area contributed by atoms with Crippen molar-refractivity contribution in [2.45, 2.75) is 13.0 Å². The van der Waals surface area contributed by atoms with E-state index in [1.807, 2.05) is 24.3 Å². The number of methoxy groups -OCH3 is 2. The number of halogens is 2. The van der Waals surface area contributed by atoms with Crippen LogP contribution in [0.3, 0.4) is 0 Å². The summed E-state index contributed by atoms with van der Waals surface area (Å²) in [5.41, 5.74) is 1.46. The summed E-state index contributed by atoms with van der Waals surface area (Å²) < 4.78 is 21.8. The molecule has 0 aliphatic carbocycles. The Hall–Kier alpha value is -3.44. The molecule has 0 saturated carbocycles. The maximum Gasteiger partial charge on any atom is 0.322 e. The predicted octanol–water partition coefficient (Wildman–Crippen LogP) is 5.04. The molecule has 2 heterocycles. The quantitative estimate of drug-likeness (QED) is 0.287. The number of amides is 3. The monoisotopic (exact) mass is 618 g/mol. The predicted molar refractivity (Wildman–Crippen MR) is 162 cm³/mol. The van der Waals surface area contributed by atoms with Gasteiger partial charge in [-0.3, -0.25) is 9.69 Å². The van der Waals surface area contributed by atoms with Gasteiger partial charge < -0.3 is 33.7 Å². The Kier molecular flexibility index (Phi) is 11.8. The summed E-state index contributed by atoms with van der Waals surface area (Å²) in [6, 6.07) is 13.7. The van der Waals surface area contributed by atoms with Crippen LogP contribution in [0.15, 0.2) is 59.2 Å². The number of morpholine rings is 1. The molecule has 1 fully saturated rings. The van der Waals surface area contributed by atoms with Crippen LogP contribution in [0.5, 0.6) is 11.5 Å². The number of urea groups is 1. The van der Waals surface area contributed by atoms with Crippen LogP contribution >= 0.6 is 23.2 Å². The summed E-state index contributed by atoms with van der Waals surface area (Å²) in [4.78, 5) is 32.7. The molecule has 0 bridgehead atoms. The van der Waals surface area contributed by atoms with Crippen LogP contribution in [0.4, 0.5) is 10.5 Å². The van der Waals surface area contributed by atoms with Crippen molar-refractivity contribution in [1.29, 1.82) is 0 Å². The Balaban J connectivity index is 1.49. The van der Waals surface area contributed by atoms with E-state index in [2.05, 4.69) is 10.2 Å². The number of carbonyl (C=O) groups excluding carboxylic acids is 2. The van der Waals surface area contributed by atoms with Gasteiger partial charge in [-0.2, -0.15) is 0 Å². The zero-order valence-corrected chi connectivity index (χ0v) is 25.3. The average Bonchev–Trinajstić information content (AvgIpc) is 3.52. The maximum absolute atomic E-state index is 13.8. The lowest BCUT2D eigenvalue weighted by Crippen LogP contribution is -2.48. The molecule has 2 aromatic carbocycles. The number of hydrogen-bond donors (Lipinski definition) is 1. The first-order valence-electron chi connectivity index (χ1n) is 13.7. The maximum atomic E-state index is 13.8. The van der Waals surface area contributed by atoms with Gasteiger partial charge in [-0.1, -0.05) is 29.3 Å². The van der Waals surface area contributed by atoms with Gasteiger partial charge in [0.15, 0.2) is 11.5 Å². The molecule has 1 aliphatic rings. The molecule has 1 saturated heterocycles. The molecule has 0 unspecified atom stereocenters. The second kappa shape index (κ2) is 15.7. The van der Waals surface area contributed by atoms with Crippen molar-refractivity contribution in [3.05, 3.63) is 76.2 Å². The largest absolute Gasteiger partial charge is 0.493 e. The topological polar surface area (TPSA) is 96.7 Å². The second-order valence-corrected chi connectivity index (χ2v) is 10.6. The van der Waals surface area contributed by atoms with Gasteiger partial charge in [0.05, 0.1) is 50.3 Å². The summed E-state index contributed by atoms with van der Waals surface area (Å²) in [5.74, 6) is 1.69. The van der Waals surface area contributed by atoms with Crippen molar-refractivity contribution in [3.63, 3.8) is 0 Å². The molecule has 0 atom stereocenters. The number of hydrogen-bond acceptors (Lipinski definition) is 7. The lowest BCUT2D eigenvalue weighted by molar-refractivity contribution is -0.132. The number of benzene rings is 2. The minimum Gasteiger partial charge on any atom is -0.493 e. The molecule has 0 spiro atoms. The molecule has 10 nitrogen and oxygen atoms in total. The molecule has 4 rings (SSSR count). The van der Waals surface area contributed by atoms with Crippen LogP contribution in [0.1, 0.15) is 11.3 Å². The highest BCUT2D eigenvalue weighted by Gasteiger charge is 2.24. The van der Waals surface area contributed by atoms with Crippen LogP contribution in [-0.2, 0) is 22.5 Å². The van der Waals surface area contributed by atoms with Gasteiger partial charge in [0, 0.05) is 38.4 Å². The van der Waals surface area contributed by atoms with Crippen LogP contribution in [0.25, 0.3) is 0 Å². The molecule has 42 heavy (non-hydrogen) atoms. The zero-order chi connectivity index (χ0) is 29.9. The fourth-order valence-corrected chi connectivity index (χ4v) is 4.86. The van der Waals surface area contributed by atoms with Crippen LogP contribution in [-0.4, -0.2) is 93.3 Å². The highest BCUT2D eigenvalue weighted by Crippen LogP contribution is 2.28. The fraction of sp³-hybridized carbons (Fsp3) is 0.400. The molecular formula is C30H36Cl2N4O6. The summed E-state index contributed by atoms with van der Waals surface area (Å²) >= 11 is 12.2. The first-order chi connectivity index (χ1) is 20.4. The summed E-state index contributed by atoms with van der Waals surface area (Å²) in [6.07, 6.45) is 2.14. The highest BCUT2D eigenvalue weighted by atomic mass is 35.5. The zero-order valence-electron chi connectivity index (χ0n) is 23.8. The number of nitrogens with zero attached hydrogens (tertiary/aromatic N) is 3. The van der Waals surface area contributed by atoms with Gasteiger partial charge in [-0.05, 0) is 54.4 Å². The van der Waals surface area contributed by atoms with Crippen LogP contribution in [0.2, 0.25) is 10.0 Å². The summed E-state index contributed by atoms with van der Waals surface area (Å²) in [6.45, 7) is 4.33. The Morgan fingerprint density at radius 2 is 1.74 bits per heavy atom. The fourth-order valence-electron chi connectivity index (χ4n) is 4.56. The van der Waals surface area contributed by atoms with Crippen molar-refractivity contribution < 1.29 is 28.2 Å². The van der Waals surface area contributed by atoms with Crippen molar-refractivity contribution in [2.24, 2.45) is 0 Å². The van der Waals surface area contributed by atoms with E-state index in [-0.39, 0.29) is 19.0 Å². The molecule has 12 heteroatoms. The molecule has 0 radical (unpaired) electrons. The summed E-state index contributed by atoms with van der Waals surface area (Å²) in [5, 5.41) is 3.57. The third-order valence-corrected chi connectivity index (χ3v) is 7.71. The van der Waals surface area contributed by atoms with E-state index in [0.717, 1.165) is 18.7 Å². The normalized spacial score (nSPS) is 13.4. The number of rotatable bonds is 13. The van der Waals surface area contributed by atoms with E-state index in [1.54, 1.807) is 49.6 Å². The molecule has 1 N–H and O–H groups in total. The Morgan fingerprint density at radius 3 is 2.43 bits per heavy atom. The van der Waals surface area contributed by atoms with E-state index < -0.39 is 6.03 Å². The number of carbonyl (C=O) groups is 2. The Labute approximate surface area is 256 Å². The SMILES string of the molecule is COc1ccc(CCN(Cc2ccco2)C(=O)CN(CCN2CCOCC2)C(=O)Nc2ccc(Cl)c(Cl)c2)cc1OC. The average molecular weight is 620 g/mol. The first-order valence-corrected chi connectivity index (χ1v) is 14.4. The minimum atomic E-state index is -0.409. The van der Waals surface area contributed by atoms with Gasteiger partial charge in [0.25, 0.3) is 0 Å². The third-order valence-electron chi connectivity index (χ3n) is 6.97. The number of anilines is 1. The Bertz CT molecular complexity index is 1320. The summed E-state index contributed by atoms with van der Waals surface area (Å²) in [7, 11) is 3.17. The minimum absolute atomic E-state index is 0.121.